The molecule has 53 heavy (non-hydrogen) atoms. The Kier molecular flexibility index (Phi) is 6.97. The smallest absolute Gasteiger partial charge is 0.0555 e. The van der Waals surface area contributed by atoms with Gasteiger partial charge in [-0.3, -0.25) is 0 Å². The minimum absolute atomic E-state index is 1.13. The first-order valence-corrected chi connectivity index (χ1v) is 19.6. The van der Waals surface area contributed by atoms with Gasteiger partial charge in [0.05, 0.1) is 5.69 Å². The number of thiophene rings is 2. The molecule has 9 aromatic carbocycles. The summed E-state index contributed by atoms with van der Waals surface area (Å²) in [5, 5.41) is 10.3. The Morgan fingerprint density at radius 2 is 0.962 bits per heavy atom. The molecule has 0 N–H and O–H groups in total. The highest BCUT2D eigenvalue weighted by Gasteiger charge is 2.22. The van der Waals surface area contributed by atoms with Gasteiger partial charge in [-0.05, 0) is 98.4 Å². The molecular formula is C50H31NS2. The molecule has 0 aliphatic heterocycles. The van der Waals surface area contributed by atoms with Crippen LogP contribution in [-0.4, -0.2) is 0 Å². The average molecular weight is 710 g/mol. The summed E-state index contributed by atoms with van der Waals surface area (Å²) in [6.45, 7) is 0. The van der Waals surface area contributed by atoms with Crippen LogP contribution in [-0.2, 0) is 0 Å². The Morgan fingerprint density at radius 3 is 1.79 bits per heavy atom. The molecular weight excluding hydrogens is 679 g/mol. The van der Waals surface area contributed by atoms with Crippen LogP contribution in [0.5, 0.6) is 0 Å². The number of fused-ring (bicyclic) bond motifs is 9. The van der Waals surface area contributed by atoms with E-state index in [4.69, 9.17) is 0 Å². The fraction of sp³-hybridized carbons (Fsp3) is 0. The number of hydrogen-bond acceptors (Lipinski definition) is 3. The summed E-state index contributed by atoms with van der Waals surface area (Å²) < 4.78 is 5.23. The SMILES string of the molecule is c1ccc(-c2ccc(N(c3ccc(-c4ccc5ccc6ccccc6c5c4)cc3)c3ccc4sc5ccccc5c4c3)c3c2sc2ccccc23)cc1. The molecule has 0 saturated carbocycles. The minimum atomic E-state index is 1.13. The first kappa shape index (κ1) is 30.4. The van der Waals surface area contributed by atoms with Gasteiger partial charge in [0.1, 0.15) is 0 Å². The predicted molar refractivity (Wildman–Crippen MR) is 233 cm³/mol. The van der Waals surface area contributed by atoms with Gasteiger partial charge in [-0.25, -0.2) is 0 Å². The van der Waals surface area contributed by atoms with E-state index in [0.29, 0.717) is 0 Å². The van der Waals surface area contributed by atoms with Gasteiger partial charge in [0.25, 0.3) is 0 Å². The number of rotatable bonds is 5. The van der Waals surface area contributed by atoms with E-state index in [0.717, 1.165) is 11.4 Å². The summed E-state index contributed by atoms with van der Waals surface area (Å²) in [5.41, 5.74) is 8.38. The molecule has 3 heteroatoms. The van der Waals surface area contributed by atoms with Crippen LogP contribution < -0.4 is 4.90 Å². The first-order chi connectivity index (χ1) is 26.3. The van der Waals surface area contributed by atoms with Crippen molar-refractivity contribution >= 4 is 102 Å². The summed E-state index contributed by atoms with van der Waals surface area (Å²) in [5.74, 6) is 0. The lowest BCUT2D eigenvalue weighted by molar-refractivity contribution is 1.31. The van der Waals surface area contributed by atoms with E-state index in [1.54, 1.807) is 0 Å². The maximum Gasteiger partial charge on any atom is 0.0555 e. The number of anilines is 3. The van der Waals surface area contributed by atoms with E-state index in [1.807, 2.05) is 22.7 Å². The van der Waals surface area contributed by atoms with Gasteiger partial charge in [-0.2, -0.15) is 0 Å². The van der Waals surface area contributed by atoms with Crippen LogP contribution in [0.15, 0.2) is 188 Å². The molecule has 11 aromatic rings. The molecule has 1 nitrogen and oxygen atoms in total. The minimum Gasteiger partial charge on any atom is -0.310 e. The summed E-state index contributed by atoms with van der Waals surface area (Å²) in [7, 11) is 0. The van der Waals surface area contributed by atoms with E-state index < -0.39 is 0 Å². The van der Waals surface area contributed by atoms with E-state index >= 15 is 0 Å². The summed E-state index contributed by atoms with van der Waals surface area (Å²) in [4.78, 5) is 2.47. The average Bonchev–Trinajstić information content (AvgIpc) is 3.80. The van der Waals surface area contributed by atoms with Crippen molar-refractivity contribution in [2.75, 3.05) is 4.90 Å². The van der Waals surface area contributed by atoms with Gasteiger partial charge < -0.3 is 4.90 Å². The molecule has 2 heterocycles. The molecule has 248 valence electrons. The van der Waals surface area contributed by atoms with Crippen LogP contribution in [0.1, 0.15) is 0 Å². The zero-order chi connectivity index (χ0) is 34.9. The van der Waals surface area contributed by atoms with Crippen molar-refractivity contribution in [3.8, 4) is 22.3 Å². The Bertz CT molecular complexity index is 3170. The molecule has 0 bridgehead atoms. The fourth-order valence-corrected chi connectivity index (χ4v) is 10.5. The second-order valence-electron chi connectivity index (χ2n) is 13.7. The highest BCUT2D eigenvalue weighted by Crippen LogP contribution is 2.49. The Morgan fingerprint density at radius 1 is 0.340 bits per heavy atom. The molecule has 0 fully saturated rings. The molecule has 0 spiro atoms. The van der Waals surface area contributed by atoms with Crippen LogP contribution in [0.25, 0.3) is 84.1 Å². The second-order valence-corrected chi connectivity index (χ2v) is 15.8. The molecule has 2 aromatic heterocycles. The quantitative estimate of drug-likeness (QED) is 0.161. The molecule has 0 amide bonds. The molecule has 0 unspecified atom stereocenters. The van der Waals surface area contributed by atoms with Crippen LogP contribution in [0.4, 0.5) is 17.1 Å². The molecule has 0 aliphatic carbocycles. The van der Waals surface area contributed by atoms with E-state index in [1.165, 1.54) is 89.8 Å². The number of hydrogen-bond donors (Lipinski definition) is 0. The standard InChI is InChI=1S/C50H31NS2/c1-2-10-33(11-3-1)40-27-28-45(49-42-15-7-9-17-47(42)53-50(40)49)51(38-26-29-48-44(31-38)41-14-6-8-16-46(41)52-48)37-24-22-32(23-25-37)36-21-20-35-19-18-34-12-4-5-13-39(34)43(35)30-36/h1-31H. The van der Waals surface area contributed by atoms with Gasteiger partial charge in [0.2, 0.25) is 0 Å². The van der Waals surface area contributed by atoms with E-state index in [-0.39, 0.29) is 0 Å². The van der Waals surface area contributed by atoms with Crippen molar-refractivity contribution in [2.45, 2.75) is 0 Å². The van der Waals surface area contributed by atoms with Crippen LogP contribution in [0.2, 0.25) is 0 Å². The van der Waals surface area contributed by atoms with Crippen molar-refractivity contribution in [2.24, 2.45) is 0 Å². The van der Waals surface area contributed by atoms with Crippen molar-refractivity contribution in [1.82, 2.24) is 0 Å². The van der Waals surface area contributed by atoms with E-state index in [2.05, 4.69) is 193 Å². The third kappa shape index (κ3) is 4.97. The Balaban J connectivity index is 1.13. The van der Waals surface area contributed by atoms with Crippen LogP contribution in [0, 0.1) is 0 Å². The first-order valence-electron chi connectivity index (χ1n) is 18.0. The monoisotopic (exact) mass is 709 g/mol. The number of benzene rings is 9. The van der Waals surface area contributed by atoms with Crippen LogP contribution in [0.3, 0.4) is 0 Å². The summed E-state index contributed by atoms with van der Waals surface area (Å²) in [6.07, 6.45) is 0. The Hall–Kier alpha value is -6.26. The summed E-state index contributed by atoms with van der Waals surface area (Å²) >= 11 is 3.75. The molecule has 0 aliphatic rings. The van der Waals surface area contributed by atoms with Gasteiger partial charge >= 0.3 is 0 Å². The zero-order valence-electron chi connectivity index (χ0n) is 28.7. The van der Waals surface area contributed by atoms with Crippen molar-refractivity contribution in [3.05, 3.63) is 188 Å². The van der Waals surface area contributed by atoms with Gasteiger partial charge in [-0.15, -0.1) is 22.7 Å². The lowest BCUT2D eigenvalue weighted by atomic mass is 9.97. The number of nitrogens with zero attached hydrogens (tertiary/aromatic N) is 1. The zero-order valence-corrected chi connectivity index (χ0v) is 30.3. The van der Waals surface area contributed by atoms with Gasteiger partial charge in [0.15, 0.2) is 0 Å². The van der Waals surface area contributed by atoms with Crippen LogP contribution >= 0.6 is 22.7 Å². The fourth-order valence-electron chi connectivity index (χ4n) is 8.11. The normalized spacial score (nSPS) is 11.8. The van der Waals surface area contributed by atoms with Gasteiger partial charge in [0, 0.05) is 51.7 Å². The molecule has 0 saturated heterocycles. The maximum atomic E-state index is 2.47. The topological polar surface area (TPSA) is 3.24 Å². The predicted octanol–water partition coefficient (Wildman–Crippen LogP) is 15.5. The highest BCUT2D eigenvalue weighted by atomic mass is 32.1. The second kappa shape index (κ2) is 12.2. The summed E-state index contributed by atoms with van der Waals surface area (Å²) in [6, 6.07) is 69.2. The third-order valence-corrected chi connectivity index (χ3v) is 13.0. The molecule has 0 radical (unpaired) electrons. The lowest BCUT2D eigenvalue weighted by Crippen LogP contribution is -2.10. The highest BCUT2D eigenvalue weighted by molar-refractivity contribution is 7.26. The van der Waals surface area contributed by atoms with Gasteiger partial charge in [-0.1, -0.05) is 133 Å². The van der Waals surface area contributed by atoms with Crippen molar-refractivity contribution in [3.63, 3.8) is 0 Å². The van der Waals surface area contributed by atoms with Crippen molar-refractivity contribution < 1.29 is 0 Å². The lowest BCUT2D eigenvalue weighted by Gasteiger charge is -2.27. The molecule has 0 atom stereocenters. The third-order valence-electron chi connectivity index (χ3n) is 10.7. The maximum absolute atomic E-state index is 2.47. The molecule has 11 rings (SSSR count). The Labute approximate surface area is 315 Å². The van der Waals surface area contributed by atoms with Crippen molar-refractivity contribution in [1.29, 1.82) is 0 Å². The largest absolute Gasteiger partial charge is 0.310 e. The van der Waals surface area contributed by atoms with E-state index in [9.17, 15) is 0 Å².